The Morgan fingerprint density at radius 1 is 1.21 bits per heavy atom. The molecule has 0 aliphatic carbocycles. The maximum absolute atomic E-state index is 9.90. The van der Waals surface area contributed by atoms with Crippen molar-refractivity contribution in [2.75, 3.05) is 7.11 Å². The van der Waals surface area contributed by atoms with E-state index in [0.29, 0.717) is 22.9 Å². The highest BCUT2D eigenvalue weighted by molar-refractivity contribution is 6.31. The number of phenolic OH excluding ortho intramolecular Hbond substituents is 1. The van der Waals surface area contributed by atoms with Crippen molar-refractivity contribution >= 4 is 17.8 Å². The number of hydrogen-bond donors (Lipinski definition) is 1. The molecule has 3 nitrogen and oxygen atoms in total. The van der Waals surface area contributed by atoms with E-state index in [2.05, 4.69) is 4.99 Å². The molecule has 0 atom stereocenters. The molecule has 0 aliphatic rings. The van der Waals surface area contributed by atoms with Crippen LogP contribution in [0.25, 0.3) is 0 Å². The summed E-state index contributed by atoms with van der Waals surface area (Å²) >= 11 is 6.04. The van der Waals surface area contributed by atoms with Crippen molar-refractivity contribution in [2.24, 2.45) is 4.99 Å². The van der Waals surface area contributed by atoms with E-state index < -0.39 is 0 Å². The van der Waals surface area contributed by atoms with Gasteiger partial charge in [0.2, 0.25) is 0 Å². The van der Waals surface area contributed by atoms with Crippen molar-refractivity contribution < 1.29 is 9.84 Å². The topological polar surface area (TPSA) is 41.8 Å². The molecule has 0 bridgehead atoms. The smallest absolute Gasteiger partial charge is 0.166 e. The Morgan fingerprint density at radius 2 is 2.00 bits per heavy atom. The molecular formula is C15H14ClNO2. The van der Waals surface area contributed by atoms with Crippen LogP contribution in [0.3, 0.4) is 0 Å². The number of phenols is 1. The minimum absolute atomic E-state index is 0.0907. The maximum Gasteiger partial charge on any atom is 0.166 e. The van der Waals surface area contributed by atoms with E-state index in [1.54, 1.807) is 24.4 Å². The minimum atomic E-state index is 0.0907. The Hall–Kier alpha value is -2.00. The van der Waals surface area contributed by atoms with Crippen molar-refractivity contribution in [3.05, 3.63) is 58.6 Å². The van der Waals surface area contributed by atoms with Crippen LogP contribution in [0.2, 0.25) is 5.02 Å². The highest BCUT2D eigenvalue weighted by Gasteiger charge is 2.04. The van der Waals surface area contributed by atoms with Crippen molar-refractivity contribution in [3.8, 4) is 11.5 Å². The Balaban J connectivity index is 2.14. The van der Waals surface area contributed by atoms with E-state index >= 15 is 0 Å². The molecule has 1 N–H and O–H groups in total. The molecule has 0 heterocycles. The van der Waals surface area contributed by atoms with Crippen LogP contribution in [0.5, 0.6) is 11.5 Å². The van der Waals surface area contributed by atoms with Crippen LogP contribution in [0.15, 0.2) is 47.5 Å². The van der Waals surface area contributed by atoms with Gasteiger partial charge in [0.15, 0.2) is 11.5 Å². The molecule has 98 valence electrons. The van der Waals surface area contributed by atoms with Crippen molar-refractivity contribution in [3.63, 3.8) is 0 Å². The third kappa shape index (κ3) is 3.26. The first-order valence-corrected chi connectivity index (χ1v) is 6.19. The molecule has 4 heteroatoms. The highest BCUT2D eigenvalue weighted by Crippen LogP contribution is 2.28. The Bertz CT molecular complexity index is 596. The molecule has 19 heavy (non-hydrogen) atoms. The number of hydrogen-bond acceptors (Lipinski definition) is 3. The van der Waals surface area contributed by atoms with Crippen LogP contribution in [-0.4, -0.2) is 18.4 Å². The number of para-hydroxylation sites is 1. The molecule has 0 unspecified atom stereocenters. The second-order valence-electron chi connectivity index (χ2n) is 3.96. The van der Waals surface area contributed by atoms with Crippen LogP contribution < -0.4 is 4.74 Å². The quantitative estimate of drug-likeness (QED) is 0.865. The second kappa shape index (κ2) is 6.25. The van der Waals surface area contributed by atoms with Crippen LogP contribution in [0, 0.1) is 0 Å². The lowest BCUT2D eigenvalue weighted by atomic mass is 10.2. The number of methoxy groups -OCH3 is 1. The lowest BCUT2D eigenvalue weighted by Crippen LogP contribution is -1.89. The summed E-state index contributed by atoms with van der Waals surface area (Å²) < 4.78 is 5.04. The summed E-state index contributed by atoms with van der Waals surface area (Å²) in [6, 6.07) is 12.8. The zero-order valence-corrected chi connectivity index (χ0v) is 11.3. The van der Waals surface area contributed by atoms with Crippen LogP contribution in [0.1, 0.15) is 11.1 Å². The Morgan fingerprint density at radius 3 is 2.74 bits per heavy atom. The van der Waals surface area contributed by atoms with E-state index in [0.717, 1.165) is 5.56 Å². The lowest BCUT2D eigenvalue weighted by Gasteiger charge is -2.05. The van der Waals surface area contributed by atoms with E-state index in [4.69, 9.17) is 16.3 Å². The first-order chi connectivity index (χ1) is 9.22. The fraction of sp³-hybridized carbons (Fsp3) is 0.133. The first kappa shape index (κ1) is 13.4. The molecule has 0 aliphatic heterocycles. The number of aliphatic imine (C=N–C) groups is 1. The highest BCUT2D eigenvalue weighted by atomic mass is 35.5. The number of rotatable bonds is 4. The molecule has 0 saturated carbocycles. The number of aromatic hydroxyl groups is 1. The Kier molecular flexibility index (Phi) is 4.42. The molecule has 0 spiro atoms. The molecule has 0 aromatic heterocycles. The molecule has 2 aromatic carbocycles. The monoisotopic (exact) mass is 275 g/mol. The van der Waals surface area contributed by atoms with Crippen molar-refractivity contribution in [1.82, 2.24) is 0 Å². The molecule has 0 radical (unpaired) electrons. The zero-order chi connectivity index (χ0) is 13.7. The van der Waals surface area contributed by atoms with Gasteiger partial charge in [-0.05, 0) is 23.8 Å². The van der Waals surface area contributed by atoms with E-state index in [9.17, 15) is 5.11 Å². The van der Waals surface area contributed by atoms with Gasteiger partial charge in [-0.15, -0.1) is 0 Å². The number of nitrogens with zero attached hydrogens (tertiary/aromatic N) is 1. The zero-order valence-electron chi connectivity index (χ0n) is 10.5. The predicted octanol–water partition coefficient (Wildman–Crippen LogP) is 3.67. The van der Waals surface area contributed by atoms with Crippen LogP contribution in [0.4, 0.5) is 0 Å². The van der Waals surface area contributed by atoms with Gasteiger partial charge < -0.3 is 9.84 Å². The number of halogens is 1. The van der Waals surface area contributed by atoms with Gasteiger partial charge in [0.25, 0.3) is 0 Å². The largest absolute Gasteiger partial charge is 0.504 e. The van der Waals surface area contributed by atoms with Gasteiger partial charge in [-0.25, -0.2) is 0 Å². The minimum Gasteiger partial charge on any atom is -0.504 e. The summed E-state index contributed by atoms with van der Waals surface area (Å²) in [4.78, 5) is 4.28. The van der Waals surface area contributed by atoms with Gasteiger partial charge in [-0.3, -0.25) is 4.99 Å². The van der Waals surface area contributed by atoms with E-state index in [1.807, 2.05) is 24.3 Å². The van der Waals surface area contributed by atoms with Gasteiger partial charge in [0, 0.05) is 16.8 Å². The summed E-state index contributed by atoms with van der Waals surface area (Å²) in [7, 11) is 1.51. The molecule has 0 fully saturated rings. The summed E-state index contributed by atoms with van der Waals surface area (Å²) in [5, 5.41) is 10.6. The molecule has 0 amide bonds. The third-order valence-electron chi connectivity index (χ3n) is 2.70. The van der Waals surface area contributed by atoms with E-state index in [-0.39, 0.29) is 5.75 Å². The predicted molar refractivity (Wildman–Crippen MR) is 77.4 cm³/mol. The third-order valence-corrected chi connectivity index (χ3v) is 3.07. The fourth-order valence-corrected chi connectivity index (χ4v) is 1.87. The molecule has 0 saturated heterocycles. The first-order valence-electron chi connectivity index (χ1n) is 5.81. The number of ether oxygens (including phenoxy) is 1. The fourth-order valence-electron chi connectivity index (χ4n) is 1.68. The van der Waals surface area contributed by atoms with E-state index in [1.165, 1.54) is 7.11 Å². The second-order valence-corrected chi connectivity index (χ2v) is 4.37. The SMILES string of the molecule is COc1cccc(C=NCc2ccccc2Cl)c1O. The van der Waals surface area contributed by atoms with Crippen molar-refractivity contribution in [1.29, 1.82) is 0 Å². The average molecular weight is 276 g/mol. The summed E-state index contributed by atoms with van der Waals surface area (Å²) in [5.41, 5.74) is 1.56. The van der Waals surface area contributed by atoms with Gasteiger partial charge >= 0.3 is 0 Å². The number of benzene rings is 2. The van der Waals surface area contributed by atoms with Gasteiger partial charge in [-0.2, -0.15) is 0 Å². The Labute approximate surface area is 117 Å². The normalized spacial score (nSPS) is 10.8. The summed E-state index contributed by atoms with van der Waals surface area (Å²) in [6.45, 7) is 0.469. The van der Waals surface area contributed by atoms with Gasteiger partial charge in [0.1, 0.15) is 0 Å². The van der Waals surface area contributed by atoms with Gasteiger partial charge in [-0.1, -0.05) is 35.9 Å². The standard InChI is InChI=1S/C15H14ClNO2/c1-19-14-8-4-6-12(15(14)18)10-17-9-11-5-2-3-7-13(11)16/h2-8,10,18H,9H2,1H3. The molecular weight excluding hydrogens is 262 g/mol. The molecule has 2 aromatic rings. The summed E-state index contributed by atoms with van der Waals surface area (Å²) in [6.07, 6.45) is 1.61. The average Bonchev–Trinajstić information content (AvgIpc) is 2.43. The summed E-state index contributed by atoms with van der Waals surface area (Å²) in [5.74, 6) is 0.523. The maximum atomic E-state index is 9.90. The van der Waals surface area contributed by atoms with Crippen LogP contribution in [-0.2, 0) is 6.54 Å². The van der Waals surface area contributed by atoms with Gasteiger partial charge in [0.05, 0.1) is 13.7 Å². The van der Waals surface area contributed by atoms with Crippen LogP contribution >= 0.6 is 11.6 Å². The van der Waals surface area contributed by atoms with Crippen molar-refractivity contribution in [2.45, 2.75) is 6.54 Å². The lowest BCUT2D eigenvalue weighted by molar-refractivity contribution is 0.373. The molecule has 2 rings (SSSR count).